The Morgan fingerprint density at radius 3 is 1.57 bits per heavy atom. The summed E-state index contributed by atoms with van der Waals surface area (Å²) in [6, 6.07) is 0. The van der Waals surface area contributed by atoms with Crippen LogP contribution in [0.1, 0.15) is 103 Å². The summed E-state index contributed by atoms with van der Waals surface area (Å²) in [4.78, 5) is 0. The molecule has 0 fully saturated rings. The van der Waals surface area contributed by atoms with Crippen LogP contribution in [0.4, 0.5) is 0 Å². The molecule has 1 rings (SSSR count). The molecule has 0 amide bonds. The molecule has 0 aromatic rings. The Labute approximate surface area is 143 Å². The van der Waals surface area contributed by atoms with Gasteiger partial charge in [-0.3, -0.25) is 0 Å². The van der Waals surface area contributed by atoms with Gasteiger partial charge in [0.05, 0.1) is 11.1 Å². The maximum atomic E-state index is 11.1. The summed E-state index contributed by atoms with van der Waals surface area (Å²) in [5.41, 5.74) is 0.726. The number of allylic oxidation sites excluding steroid dienone is 1. The van der Waals surface area contributed by atoms with Gasteiger partial charge in [-0.1, -0.05) is 90.4 Å². The average molecular weight is 342 g/mol. The number of hydrogen-bond donors (Lipinski definition) is 0. The monoisotopic (exact) mass is 341 g/mol. The van der Waals surface area contributed by atoms with Crippen molar-refractivity contribution in [1.82, 2.24) is 0 Å². The van der Waals surface area contributed by atoms with Crippen LogP contribution in [-0.4, -0.2) is 14.1 Å². The highest BCUT2D eigenvalue weighted by Crippen LogP contribution is 2.15. The van der Waals surface area contributed by atoms with E-state index < -0.39 is 10.0 Å². The fraction of sp³-hybridized carbons (Fsp3) is 0.842. The molecular formula is C19H35NO2S. The Hall–Kier alpha value is -0.640. The van der Waals surface area contributed by atoms with Gasteiger partial charge in [0.15, 0.2) is 0 Å². The van der Waals surface area contributed by atoms with Gasteiger partial charge >= 0.3 is 0 Å². The second kappa shape index (κ2) is 12.7. The van der Waals surface area contributed by atoms with Crippen molar-refractivity contribution in [3.63, 3.8) is 0 Å². The SMILES string of the molecule is CCCCCCCCCCCCCCCCC1=NS(=O)(=O)C=C1. The third-order valence-electron chi connectivity index (χ3n) is 4.46. The molecule has 4 heteroatoms. The van der Waals surface area contributed by atoms with Crippen LogP contribution in [0.15, 0.2) is 15.9 Å². The van der Waals surface area contributed by atoms with Gasteiger partial charge in [-0.15, -0.1) is 0 Å². The number of hydrogen-bond acceptors (Lipinski definition) is 2. The highest BCUT2D eigenvalue weighted by atomic mass is 32.2. The molecule has 0 aliphatic carbocycles. The molecule has 0 unspecified atom stereocenters. The number of rotatable bonds is 15. The lowest BCUT2D eigenvalue weighted by atomic mass is 10.0. The zero-order valence-electron chi connectivity index (χ0n) is 14.9. The molecule has 0 saturated carbocycles. The van der Waals surface area contributed by atoms with Crippen LogP contribution >= 0.6 is 0 Å². The number of sulfonamides is 1. The lowest BCUT2D eigenvalue weighted by Crippen LogP contribution is -1.92. The first-order valence-electron chi connectivity index (χ1n) is 9.66. The Bertz CT molecular complexity index is 452. The lowest BCUT2D eigenvalue weighted by molar-refractivity contribution is 0.537. The summed E-state index contributed by atoms with van der Waals surface area (Å²) < 4.78 is 25.9. The normalized spacial score (nSPS) is 16.0. The van der Waals surface area contributed by atoms with E-state index in [1.54, 1.807) is 6.08 Å². The summed E-state index contributed by atoms with van der Waals surface area (Å²) in [7, 11) is -3.26. The van der Waals surface area contributed by atoms with E-state index in [2.05, 4.69) is 11.3 Å². The van der Waals surface area contributed by atoms with Crippen molar-refractivity contribution in [2.75, 3.05) is 0 Å². The van der Waals surface area contributed by atoms with Crippen LogP contribution in [0.2, 0.25) is 0 Å². The largest absolute Gasteiger partial charge is 0.275 e. The zero-order valence-corrected chi connectivity index (χ0v) is 15.7. The Balaban J connectivity index is 1.78. The van der Waals surface area contributed by atoms with E-state index in [0.29, 0.717) is 0 Å². The molecule has 0 aromatic carbocycles. The van der Waals surface area contributed by atoms with Crippen molar-refractivity contribution in [2.45, 2.75) is 103 Å². The van der Waals surface area contributed by atoms with Crippen molar-refractivity contribution >= 4 is 15.7 Å². The minimum absolute atomic E-state index is 0.726. The van der Waals surface area contributed by atoms with Crippen molar-refractivity contribution in [1.29, 1.82) is 0 Å². The third-order valence-corrected chi connectivity index (χ3v) is 5.43. The minimum atomic E-state index is -3.26. The number of unbranched alkanes of at least 4 members (excludes halogenated alkanes) is 13. The van der Waals surface area contributed by atoms with Gasteiger partial charge in [0.25, 0.3) is 10.0 Å². The Morgan fingerprint density at radius 1 is 0.739 bits per heavy atom. The zero-order chi connectivity index (χ0) is 16.8. The van der Waals surface area contributed by atoms with E-state index in [4.69, 9.17) is 0 Å². The fourth-order valence-corrected chi connectivity index (χ4v) is 3.89. The van der Waals surface area contributed by atoms with E-state index in [9.17, 15) is 8.42 Å². The maximum absolute atomic E-state index is 11.1. The van der Waals surface area contributed by atoms with Gasteiger partial charge in [-0.25, -0.2) is 0 Å². The molecule has 1 aliphatic rings. The van der Waals surface area contributed by atoms with Gasteiger partial charge < -0.3 is 0 Å². The van der Waals surface area contributed by atoms with Crippen LogP contribution < -0.4 is 0 Å². The number of nitrogens with zero attached hydrogens (tertiary/aromatic N) is 1. The molecule has 134 valence electrons. The molecule has 0 aromatic heterocycles. The van der Waals surface area contributed by atoms with Crippen LogP contribution in [0.5, 0.6) is 0 Å². The summed E-state index contributed by atoms with van der Waals surface area (Å²) >= 11 is 0. The first-order chi connectivity index (χ1) is 11.1. The second-order valence-electron chi connectivity index (χ2n) is 6.75. The van der Waals surface area contributed by atoms with E-state index >= 15 is 0 Å². The third kappa shape index (κ3) is 11.5. The first kappa shape index (κ1) is 20.4. The van der Waals surface area contributed by atoms with Crippen LogP contribution in [0, 0.1) is 0 Å². The molecule has 1 aliphatic heterocycles. The summed E-state index contributed by atoms with van der Waals surface area (Å²) in [5, 5.41) is 1.20. The molecule has 0 atom stereocenters. The highest BCUT2D eigenvalue weighted by molar-refractivity contribution is 7.93. The van der Waals surface area contributed by atoms with Gasteiger partial charge in [0.1, 0.15) is 0 Å². The van der Waals surface area contributed by atoms with Crippen molar-refractivity contribution < 1.29 is 8.42 Å². The van der Waals surface area contributed by atoms with Gasteiger partial charge in [0.2, 0.25) is 0 Å². The molecule has 0 spiro atoms. The predicted octanol–water partition coefficient (Wildman–Crippen LogP) is 6.16. The first-order valence-corrected chi connectivity index (χ1v) is 11.2. The molecule has 0 N–H and O–H groups in total. The van der Waals surface area contributed by atoms with Crippen LogP contribution in [0.25, 0.3) is 0 Å². The van der Waals surface area contributed by atoms with Gasteiger partial charge in [-0.05, 0) is 18.9 Å². The lowest BCUT2D eigenvalue weighted by Gasteiger charge is -2.03. The second-order valence-corrected chi connectivity index (χ2v) is 8.23. The summed E-state index contributed by atoms with van der Waals surface area (Å²) in [6.07, 6.45) is 21.2. The molecule has 0 bridgehead atoms. The van der Waals surface area contributed by atoms with Crippen molar-refractivity contribution in [3.8, 4) is 0 Å². The minimum Gasteiger partial charge on any atom is -0.200 e. The van der Waals surface area contributed by atoms with Gasteiger partial charge in [0, 0.05) is 0 Å². The highest BCUT2D eigenvalue weighted by Gasteiger charge is 2.11. The molecule has 1 heterocycles. The topological polar surface area (TPSA) is 46.5 Å². The smallest absolute Gasteiger partial charge is 0.200 e. The molecular weight excluding hydrogens is 306 g/mol. The van der Waals surface area contributed by atoms with E-state index in [0.717, 1.165) is 18.6 Å². The fourth-order valence-electron chi connectivity index (χ4n) is 3.02. The van der Waals surface area contributed by atoms with Crippen LogP contribution in [-0.2, 0) is 10.0 Å². The molecule has 23 heavy (non-hydrogen) atoms. The van der Waals surface area contributed by atoms with Gasteiger partial charge in [-0.2, -0.15) is 12.8 Å². The average Bonchev–Trinajstić information content (AvgIpc) is 2.87. The van der Waals surface area contributed by atoms with E-state index in [1.165, 1.54) is 88.9 Å². The predicted molar refractivity (Wildman–Crippen MR) is 100 cm³/mol. The van der Waals surface area contributed by atoms with Crippen LogP contribution in [0.3, 0.4) is 0 Å². The molecule has 0 radical (unpaired) electrons. The Kier molecular flexibility index (Phi) is 11.3. The maximum Gasteiger partial charge on any atom is 0.275 e. The van der Waals surface area contributed by atoms with Crippen molar-refractivity contribution in [3.05, 3.63) is 11.5 Å². The molecule has 3 nitrogen and oxygen atoms in total. The standard InChI is InChI=1S/C19H35NO2S/c1-2-3-4-5-6-7-8-9-10-11-12-13-14-15-16-19-17-18-23(21,22)20-19/h17-18H,2-16H2,1H3. The molecule has 0 saturated heterocycles. The summed E-state index contributed by atoms with van der Waals surface area (Å²) in [5.74, 6) is 0. The summed E-state index contributed by atoms with van der Waals surface area (Å²) in [6.45, 7) is 2.27. The van der Waals surface area contributed by atoms with Crippen molar-refractivity contribution in [2.24, 2.45) is 4.40 Å². The quantitative estimate of drug-likeness (QED) is 0.335. The van der Waals surface area contributed by atoms with E-state index in [-0.39, 0.29) is 0 Å². The Morgan fingerprint density at radius 2 is 1.17 bits per heavy atom. The van der Waals surface area contributed by atoms with E-state index in [1.807, 2.05) is 0 Å².